The Labute approximate surface area is 239 Å². The lowest BCUT2D eigenvalue weighted by Crippen LogP contribution is -2.23. The van der Waals surface area contributed by atoms with Crippen LogP contribution in [0.25, 0.3) is 11.8 Å². The lowest BCUT2D eigenvalue weighted by molar-refractivity contribution is -0.112. The summed E-state index contributed by atoms with van der Waals surface area (Å²) in [6.45, 7) is 1.69. The number of fused-ring (bicyclic) bond motifs is 1. The fourth-order valence-electron chi connectivity index (χ4n) is 4.18. The molecule has 1 aromatic heterocycles. The van der Waals surface area contributed by atoms with Gasteiger partial charge in [0.25, 0.3) is 21.5 Å². The molecule has 11 nitrogen and oxygen atoms in total. The first-order valence-corrected chi connectivity index (χ1v) is 13.9. The molecule has 208 valence electrons. The maximum Gasteiger partial charge on any atom is 0.296 e. The van der Waals surface area contributed by atoms with Gasteiger partial charge in [-0.2, -0.15) is 5.26 Å². The van der Waals surface area contributed by atoms with E-state index in [4.69, 9.17) is 21.1 Å². The number of sulfonamides is 1. The molecule has 41 heavy (non-hydrogen) atoms. The summed E-state index contributed by atoms with van der Waals surface area (Å²) >= 11 is 6.23. The number of rotatable bonds is 7. The first kappa shape index (κ1) is 27.6. The fourth-order valence-corrected chi connectivity index (χ4v) is 5.82. The molecular weight excluding hydrogens is 570 g/mol. The van der Waals surface area contributed by atoms with Crippen molar-refractivity contribution in [3.8, 4) is 23.3 Å². The average molecular weight is 592 g/mol. The molecule has 0 saturated heterocycles. The highest BCUT2D eigenvalue weighted by atomic mass is 35.5. The average Bonchev–Trinajstić information content (AvgIpc) is 3.51. The Balaban J connectivity index is 1.41. The number of halogens is 1. The van der Waals surface area contributed by atoms with Gasteiger partial charge in [-0.05, 0) is 61.0 Å². The van der Waals surface area contributed by atoms with Crippen LogP contribution in [0.5, 0.6) is 11.5 Å². The largest absolute Gasteiger partial charge is 0.454 e. The van der Waals surface area contributed by atoms with E-state index in [1.807, 2.05) is 6.07 Å². The van der Waals surface area contributed by atoms with Gasteiger partial charge in [0.15, 0.2) is 11.5 Å². The number of aromatic nitrogens is 2. The molecular formula is C28H22ClN5O6S. The number of nitriles is 1. The van der Waals surface area contributed by atoms with Crippen LogP contribution in [0, 0.1) is 18.3 Å². The number of anilines is 2. The van der Waals surface area contributed by atoms with E-state index in [0.717, 1.165) is 6.07 Å². The molecule has 2 N–H and O–H groups in total. The molecule has 0 saturated carbocycles. The Morgan fingerprint density at radius 2 is 1.80 bits per heavy atom. The molecule has 0 fully saturated rings. The molecule has 3 aromatic carbocycles. The SMILES string of the molecule is Cc1c(NS(=O)(=O)c2cc(NC(=O)C(C#N)=Cc3ccc4c(c3)OCO4)ccc2Cl)c(=O)n(-c2ccccc2)n1C. The molecule has 2 heterocycles. The summed E-state index contributed by atoms with van der Waals surface area (Å²) in [5.74, 6) is 0.271. The van der Waals surface area contributed by atoms with Crippen LogP contribution in [0.2, 0.25) is 5.02 Å². The second-order valence-electron chi connectivity index (χ2n) is 8.92. The van der Waals surface area contributed by atoms with E-state index < -0.39 is 21.5 Å². The van der Waals surface area contributed by atoms with Crippen molar-refractivity contribution < 1.29 is 22.7 Å². The van der Waals surface area contributed by atoms with Crippen LogP contribution in [-0.2, 0) is 21.9 Å². The van der Waals surface area contributed by atoms with Crippen LogP contribution in [0.15, 0.2) is 82.0 Å². The Kier molecular flexibility index (Phi) is 7.32. The number of amides is 1. The summed E-state index contributed by atoms with van der Waals surface area (Å²) in [4.78, 5) is 25.7. The van der Waals surface area contributed by atoms with Crippen molar-refractivity contribution in [2.24, 2.45) is 7.05 Å². The zero-order chi connectivity index (χ0) is 29.3. The van der Waals surface area contributed by atoms with Crippen LogP contribution in [-0.4, -0.2) is 30.5 Å². The lowest BCUT2D eigenvalue weighted by Gasteiger charge is -2.11. The van der Waals surface area contributed by atoms with Gasteiger partial charge in [-0.3, -0.25) is 19.0 Å². The van der Waals surface area contributed by atoms with Gasteiger partial charge >= 0.3 is 0 Å². The van der Waals surface area contributed by atoms with Gasteiger partial charge in [-0.15, -0.1) is 0 Å². The van der Waals surface area contributed by atoms with Gasteiger partial charge in [0.1, 0.15) is 22.2 Å². The molecule has 0 atom stereocenters. The molecule has 5 rings (SSSR count). The predicted octanol–water partition coefficient (Wildman–Crippen LogP) is 4.21. The number of nitrogens with one attached hydrogen (secondary N) is 2. The number of nitrogens with zero attached hydrogens (tertiary/aromatic N) is 3. The van der Waals surface area contributed by atoms with Crippen molar-refractivity contribution in [1.29, 1.82) is 5.26 Å². The minimum absolute atomic E-state index is 0.0677. The Morgan fingerprint density at radius 1 is 1.07 bits per heavy atom. The van der Waals surface area contributed by atoms with Gasteiger partial charge in [0.05, 0.1) is 16.4 Å². The summed E-state index contributed by atoms with van der Waals surface area (Å²) < 4.78 is 42.6. The van der Waals surface area contributed by atoms with Crippen LogP contribution < -0.4 is 25.1 Å². The minimum atomic E-state index is -4.38. The normalized spacial score (nSPS) is 12.6. The molecule has 0 radical (unpaired) electrons. The van der Waals surface area contributed by atoms with Gasteiger partial charge in [-0.25, -0.2) is 13.1 Å². The highest BCUT2D eigenvalue weighted by Gasteiger charge is 2.25. The first-order valence-electron chi connectivity index (χ1n) is 12.1. The highest BCUT2D eigenvalue weighted by Crippen LogP contribution is 2.33. The van der Waals surface area contributed by atoms with Crippen molar-refractivity contribution in [2.45, 2.75) is 11.8 Å². The number of carbonyl (C=O) groups excluding carboxylic acids is 1. The second kappa shape index (κ2) is 10.9. The predicted molar refractivity (Wildman–Crippen MR) is 153 cm³/mol. The van der Waals surface area contributed by atoms with Crippen LogP contribution >= 0.6 is 11.6 Å². The van der Waals surface area contributed by atoms with Crippen LogP contribution in [0.3, 0.4) is 0 Å². The summed E-state index contributed by atoms with van der Waals surface area (Å²) in [6.07, 6.45) is 1.36. The topological polar surface area (TPSA) is 144 Å². The van der Waals surface area contributed by atoms with E-state index in [0.29, 0.717) is 28.4 Å². The Bertz CT molecular complexity index is 1920. The Morgan fingerprint density at radius 3 is 2.54 bits per heavy atom. The fraction of sp³-hybridized carbons (Fsp3) is 0.107. The molecule has 1 aliphatic rings. The van der Waals surface area contributed by atoms with Crippen LogP contribution in [0.1, 0.15) is 11.3 Å². The van der Waals surface area contributed by atoms with E-state index in [-0.39, 0.29) is 33.7 Å². The highest BCUT2D eigenvalue weighted by molar-refractivity contribution is 7.92. The van der Waals surface area contributed by atoms with Gasteiger partial charge in [0, 0.05) is 12.7 Å². The third-order valence-corrected chi connectivity index (χ3v) is 8.17. The van der Waals surface area contributed by atoms with Gasteiger partial charge in [-0.1, -0.05) is 35.9 Å². The molecule has 13 heteroatoms. The number of benzene rings is 3. The third-order valence-electron chi connectivity index (χ3n) is 6.34. The second-order valence-corrected chi connectivity index (χ2v) is 11.0. The van der Waals surface area contributed by atoms with E-state index in [1.165, 1.54) is 27.6 Å². The van der Waals surface area contributed by atoms with Gasteiger partial charge < -0.3 is 14.8 Å². The molecule has 0 unspecified atom stereocenters. The van der Waals surface area contributed by atoms with Crippen molar-refractivity contribution >= 4 is 45.0 Å². The van der Waals surface area contributed by atoms with Crippen LogP contribution in [0.4, 0.5) is 11.4 Å². The van der Waals surface area contributed by atoms with Crippen molar-refractivity contribution in [1.82, 2.24) is 9.36 Å². The number of carbonyl (C=O) groups is 1. The molecule has 1 aliphatic heterocycles. The minimum Gasteiger partial charge on any atom is -0.454 e. The van der Waals surface area contributed by atoms with Gasteiger partial charge in [0.2, 0.25) is 6.79 Å². The smallest absolute Gasteiger partial charge is 0.296 e. The first-order chi connectivity index (χ1) is 19.6. The summed E-state index contributed by atoms with van der Waals surface area (Å²) in [7, 11) is -2.74. The number of hydrogen-bond acceptors (Lipinski definition) is 7. The number of para-hydroxylation sites is 1. The molecule has 4 aromatic rings. The lowest BCUT2D eigenvalue weighted by atomic mass is 10.1. The maximum absolute atomic E-state index is 13.4. The number of hydrogen-bond donors (Lipinski definition) is 2. The number of ether oxygens (including phenoxy) is 2. The zero-order valence-electron chi connectivity index (χ0n) is 21.7. The summed E-state index contributed by atoms with van der Waals surface area (Å²) in [5.41, 5.74) is 0.561. The van der Waals surface area contributed by atoms with Crippen molar-refractivity contribution in [3.63, 3.8) is 0 Å². The Hall–Kier alpha value is -4.99. The van der Waals surface area contributed by atoms with E-state index in [2.05, 4.69) is 10.0 Å². The van der Waals surface area contributed by atoms with E-state index >= 15 is 0 Å². The molecule has 0 aliphatic carbocycles. The van der Waals surface area contributed by atoms with Crippen molar-refractivity contribution in [2.75, 3.05) is 16.8 Å². The molecule has 0 bridgehead atoms. The quantitative estimate of drug-likeness (QED) is 0.242. The monoisotopic (exact) mass is 591 g/mol. The summed E-state index contributed by atoms with van der Waals surface area (Å²) in [6, 6.07) is 19.4. The van der Waals surface area contributed by atoms with Crippen molar-refractivity contribution in [3.05, 3.63) is 98.9 Å². The standard InChI is InChI=1S/C28H22ClN5O6S/c1-17-26(28(36)34(33(17)2)21-6-4-3-5-7-21)32-41(37,38)25-14-20(9-10-22(25)29)31-27(35)19(15-30)12-18-8-11-23-24(13-18)40-16-39-23/h3-14,32H,16H2,1-2H3,(H,31,35). The molecule has 1 amide bonds. The third kappa shape index (κ3) is 5.41. The summed E-state index contributed by atoms with van der Waals surface area (Å²) in [5, 5.41) is 12.0. The van der Waals surface area contributed by atoms with E-state index in [9.17, 15) is 23.3 Å². The molecule has 0 spiro atoms. The zero-order valence-corrected chi connectivity index (χ0v) is 23.3. The maximum atomic E-state index is 13.4. The van der Waals surface area contributed by atoms with E-state index in [1.54, 1.807) is 62.5 Å².